The number of rotatable bonds is 6. The van der Waals surface area contributed by atoms with Gasteiger partial charge in [0.1, 0.15) is 5.82 Å². The summed E-state index contributed by atoms with van der Waals surface area (Å²) in [6, 6.07) is 0. The lowest BCUT2D eigenvalue weighted by Gasteiger charge is -2.23. The van der Waals surface area contributed by atoms with Crippen LogP contribution in [0.2, 0.25) is 0 Å². The summed E-state index contributed by atoms with van der Waals surface area (Å²) in [5.74, 6) is 1.10. The number of carbonyl (C=O) groups excluding carboxylic acids is 1. The minimum atomic E-state index is -0.167. The third-order valence-electron chi connectivity index (χ3n) is 3.66. The molecular formula is C14H23N3O2. The predicted molar refractivity (Wildman–Crippen MR) is 72.8 cm³/mol. The maximum absolute atomic E-state index is 11.8. The molecule has 1 saturated heterocycles. The van der Waals surface area contributed by atoms with Crippen LogP contribution in [-0.2, 0) is 22.5 Å². The highest BCUT2D eigenvalue weighted by molar-refractivity contribution is 5.75. The molecule has 0 unspecified atom stereocenters. The molecule has 2 rings (SSSR count). The van der Waals surface area contributed by atoms with Crippen molar-refractivity contribution in [3.8, 4) is 0 Å². The number of nitrogens with zero attached hydrogens (tertiary/aromatic N) is 2. The monoisotopic (exact) mass is 265 g/mol. The highest BCUT2D eigenvalue weighted by Crippen LogP contribution is 2.23. The molecule has 0 spiro atoms. The molecule has 1 aromatic heterocycles. The fourth-order valence-corrected chi connectivity index (χ4v) is 2.43. The summed E-state index contributed by atoms with van der Waals surface area (Å²) in [7, 11) is 0. The lowest BCUT2D eigenvalue weighted by molar-refractivity contribution is -0.122. The molecule has 1 fully saturated rings. The molecule has 5 nitrogen and oxygen atoms in total. The van der Waals surface area contributed by atoms with Gasteiger partial charge in [-0.25, -0.2) is 4.98 Å². The highest BCUT2D eigenvalue weighted by atomic mass is 16.5. The predicted octanol–water partition coefficient (Wildman–Crippen LogP) is 1.52. The average molecular weight is 265 g/mol. The molecule has 106 valence electrons. The quantitative estimate of drug-likeness (QED) is 0.848. The second-order valence-electron chi connectivity index (χ2n) is 5.32. The summed E-state index contributed by atoms with van der Waals surface area (Å²) in [4.78, 5) is 16.1. The Morgan fingerprint density at radius 3 is 3.16 bits per heavy atom. The van der Waals surface area contributed by atoms with Gasteiger partial charge in [0.15, 0.2) is 0 Å². The van der Waals surface area contributed by atoms with Crippen LogP contribution in [0.25, 0.3) is 0 Å². The zero-order valence-corrected chi connectivity index (χ0v) is 11.8. The molecule has 1 aromatic rings. The maximum atomic E-state index is 11.8. The van der Waals surface area contributed by atoms with Gasteiger partial charge in [0, 0.05) is 44.9 Å². The van der Waals surface area contributed by atoms with Gasteiger partial charge in [0.2, 0.25) is 5.91 Å². The van der Waals surface area contributed by atoms with Crippen molar-refractivity contribution in [3.05, 3.63) is 18.2 Å². The molecule has 1 aliphatic rings. The van der Waals surface area contributed by atoms with Crippen molar-refractivity contribution in [1.29, 1.82) is 0 Å². The van der Waals surface area contributed by atoms with E-state index in [9.17, 15) is 4.79 Å². The van der Waals surface area contributed by atoms with Gasteiger partial charge >= 0.3 is 0 Å². The first-order chi connectivity index (χ1) is 9.13. The second kappa shape index (κ2) is 6.19. The minimum Gasteiger partial charge on any atom is -0.373 e. The first kappa shape index (κ1) is 14.1. The van der Waals surface area contributed by atoms with Crippen molar-refractivity contribution in [2.45, 2.75) is 51.7 Å². The van der Waals surface area contributed by atoms with E-state index in [0.717, 1.165) is 31.7 Å². The number of nitrogens with one attached hydrogen (secondary N) is 1. The van der Waals surface area contributed by atoms with Crippen LogP contribution in [0, 0.1) is 0 Å². The van der Waals surface area contributed by atoms with Crippen molar-refractivity contribution in [2.75, 3.05) is 13.2 Å². The molecule has 0 aliphatic carbocycles. The van der Waals surface area contributed by atoms with Crippen molar-refractivity contribution in [2.24, 2.45) is 0 Å². The molecule has 0 radical (unpaired) electrons. The first-order valence-electron chi connectivity index (χ1n) is 7.03. The smallest absolute Gasteiger partial charge is 0.221 e. The highest BCUT2D eigenvalue weighted by Gasteiger charge is 2.29. The topological polar surface area (TPSA) is 56.2 Å². The van der Waals surface area contributed by atoms with Crippen LogP contribution in [0.1, 0.15) is 38.9 Å². The van der Waals surface area contributed by atoms with Gasteiger partial charge in [0.05, 0.1) is 5.60 Å². The van der Waals surface area contributed by atoms with E-state index in [0.29, 0.717) is 19.5 Å². The van der Waals surface area contributed by atoms with Gasteiger partial charge in [-0.2, -0.15) is 0 Å². The Labute approximate surface area is 114 Å². The molecule has 2 heterocycles. The third-order valence-corrected chi connectivity index (χ3v) is 3.66. The van der Waals surface area contributed by atoms with Gasteiger partial charge < -0.3 is 14.6 Å². The van der Waals surface area contributed by atoms with Crippen molar-refractivity contribution in [3.63, 3.8) is 0 Å². The van der Waals surface area contributed by atoms with E-state index in [1.54, 1.807) is 6.20 Å². The maximum Gasteiger partial charge on any atom is 0.221 e. The van der Waals surface area contributed by atoms with Crippen molar-refractivity contribution < 1.29 is 9.53 Å². The van der Waals surface area contributed by atoms with E-state index < -0.39 is 0 Å². The Kier molecular flexibility index (Phi) is 4.58. The molecule has 0 saturated carbocycles. The number of hydrogen-bond donors (Lipinski definition) is 1. The molecule has 1 amide bonds. The third kappa shape index (κ3) is 3.80. The van der Waals surface area contributed by atoms with Crippen LogP contribution < -0.4 is 5.32 Å². The summed E-state index contributed by atoms with van der Waals surface area (Å²) in [5.41, 5.74) is -0.167. The van der Waals surface area contributed by atoms with Crippen molar-refractivity contribution >= 4 is 5.91 Å². The van der Waals surface area contributed by atoms with Crippen LogP contribution >= 0.6 is 0 Å². The molecule has 0 bridgehead atoms. The van der Waals surface area contributed by atoms with Crippen LogP contribution in [-0.4, -0.2) is 34.2 Å². The normalized spacial score (nSPS) is 22.6. The lowest BCUT2D eigenvalue weighted by atomic mass is 10.0. The lowest BCUT2D eigenvalue weighted by Crippen LogP contribution is -2.40. The van der Waals surface area contributed by atoms with Gasteiger partial charge in [-0.15, -0.1) is 0 Å². The van der Waals surface area contributed by atoms with Crippen LogP contribution in [0.5, 0.6) is 0 Å². The minimum absolute atomic E-state index is 0.0764. The van der Waals surface area contributed by atoms with Crippen LogP contribution in [0.15, 0.2) is 12.4 Å². The molecule has 1 aliphatic heterocycles. The standard InChI is InChI=1S/C14H23N3O2/c1-3-12-15-7-9-17(12)8-5-13(18)16-11-14(2)6-4-10-19-14/h7,9H,3-6,8,10-11H2,1-2H3,(H,16,18)/t14-/m1/s1. The average Bonchev–Trinajstić information content (AvgIpc) is 3.03. The summed E-state index contributed by atoms with van der Waals surface area (Å²) < 4.78 is 7.68. The van der Waals surface area contributed by atoms with Crippen molar-refractivity contribution in [1.82, 2.24) is 14.9 Å². The number of amides is 1. The molecule has 1 atom stereocenters. The Balaban J connectivity index is 1.73. The number of hydrogen-bond acceptors (Lipinski definition) is 3. The SMILES string of the molecule is CCc1nccn1CCC(=O)NC[C@@]1(C)CCCO1. The van der Waals surface area contributed by atoms with E-state index in [4.69, 9.17) is 4.74 Å². The van der Waals surface area contributed by atoms with E-state index in [1.165, 1.54) is 0 Å². The molecule has 19 heavy (non-hydrogen) atoms. The molecule has 0 aromatic carbocycles. The van der Waals surface area contributed by atoms with Gasteiger partial charge in [-0.3, -0.25) is 4.79 Å². The van der Waals surface area contributed by atoms with Gasteiger partial charge in [0.25, 0.3) is 0 Å². The van der Waals surface area contributed by atoms with E-state index >= 15 is 0 Å². The molecular weight excluding hydrogens is 242 g/mol. The fraction of sp³-hybridized carbons (Fsp3) is 0.714. The number of carbonyl (C=O) groups is 1. The summed E-state index contributed by atoms with van der Waals surface area (Å²) in [6.07, 6.45) is 7.19. The zero-order chi connectivity index (χ0) is 13.7. The number of imidazole rings is 1. The number of aryl methyl sites for hydroxylation is 2. The van der Waals surface area contributed by atoms with Gasteiger partial charge in [-0.1, -0.05) is 6.92 Å². The second-order valence-corrected chi connectivity index (χ2v) is 5.32. The summed E-state index contributed by atoms with van der Waals surface area (Å²) in [5, 5.41) is 2.97. The largest absolute Gasteiger partial charge is 0.373 e. The summed E-state index contributed by atoms with van der Waals surface area (Å²) in [6.45, 7) is 6.23. The fourth-order valence-electron chi connectivity index (χ4n) is 2.43. The Morgan fingerprint density at radius 2 is 2.47 bits per heavy atom. The Hall–Kier alpha value is -1.36. The zero-order valence-electron chi connectivity index (χ0n) is 11.8. The first-order valence-corrected chi connectivity index (χ1v) is 7.03. The summed E-state index contributed by atoms with van der Waals surface area (Å²) >= 11 is 0. The Bertz CT molecular complexity index is 422. The molecule has 1 N–H and O–H groups in total. The number of ether oxygens (including phenoxy) is 1. The van der Waals surface area contributed by atoms with Crippen LogP contribution in [0.3, 0.4) is 0 Å². The van der Waals surface area contributed by atoms with Crippen LogP contribution in [0.4, 0.5) is 0 Å². The van der Waals surface area contributed by atoms with E-state index in [1.807, 2.05) is 10.8 Å². The van der Waals surface area contributed by atoms with E-state index in [-0.39, 0.29) is 11.5 Å². The molecule has 5 heteroatoms. The Morgan fingerprint density at radius 1 is 1.63 bits per heavy atom. The van der Waals surface area contributed by atoms with E-state index in [2.05, 4.69) is 24.1 Å². The number of aromatic nitrogens is 2. The van der Waals surface area contributed by atoms with Gasteiger partial charge in [-0.05, 0) is 19.8 Å².